The number of hydrogen-bond donors (Lipinski definition) is 1. The number of carbonyl (C=O) groups is 1. The van der Waals surface area contributed by atoms with E-state index in [9.17, 15) is 14.7 Å². The quantitative estimate of drug-likeness (QED) is 0.328. The molecule has 0 bridgehead atoms. The second-order valence-electron chi connectivity index (χ2n) is 9.08. The Bertz CT molecular complexity index is 1750. The molecule has 3 aromatic carbocycles. The first-order valence-electron chi connectivity index (χ1n) is 12.7. The summed E-state index contributed by atoms with van der Waals surface area (Å²) in [5.74, 6) is 0.455. The summed E-state index contributed by atoms with van der Waals surface area (Å²) in [6.45, 7) is 4.11. The average molecular weight is 557 g/mol. The largest absolute Gasteiger partial charge is 0.504 e. The molecule has 1 atom stereocenters. The smallest absolute Gasteiger partial charge is 0.338 e. The molecule has 1 unspecified atom stereocenters. The number of phenolic OH excluding ortho intramolecular Hbond substituents is 1. The van der Waals surface area contributed by atoms with E-state index in [0.29, 0.717) is 44.3 Å². The van der Waals surface area contributed by atoms with E-state index < -0.39 is 12.0 Å². The third-order valence-electron chi connectivity index (χ3n) is 6.46. The lowest BCUT2D eigenvalue weighted by Crippen LogP contribution is -2.39. The molecule has 1 N–H and O–H groups in total. The third-order valence-corrected chi connectivity index (χ3v) is 7.45. The van der Waals surface area contributed by atoms with Crippen LogP contribution in [0.15, 0.2) is 93.9 Å². The van der Waals surface area contributed by atoms with E-state index in [-0.39, 0.29) is 17.9 Å². The second kappa shape index (κ2) is 11.6. The number of nitrogens with zero attached hydrogens (tertiary/aromatic N) is 2. The lowest BCUT2D eigenvalue weighted by Gasteiger charge is -2.24. The number of hydrogen-bond acceptors (Lipinski definition) is 8. The van der Waals surface area contributed by atoms with E-state index >= 15 is 0 Å². The fraction of sp³-hybridized carbons (Fsp3) is 0.194. The summed E-state index contributed by atoms with van der Waals surface area (Å²) in [5, 5.41) is 9.94. The van der Waals surface area contributed by atoms with Crippen LogP contribution in [0.1, 0.15) is 36.6 Å². The van der Waals surface area contributed by atoms with Crippen molar-refractivity contribution in [2.24, 2.45) is 4.99 Å². The summed E-state index contributed by atoms with van der Waals surface area (Å²) in [7, 11) is 1.46. The van der Waals surface area contributed by atoms with Gasteiger partial charge in [-0.1, -0.05) is 59.9 Å². The van der Waals surface area contributed by atoms with Crippen LogP contribution < -0.4 is 24.4 Å². The van der Waals surface area contributed by atoms with Gasteiger partial charge < -0.3 is 19.3 Å². The molecule has 0 saturated heterocycles. The molecule has 4 aromatic rings. The minimum absolute atomic E-state index is 0.00649. The Morgan fingerprint density at radius 2 is 1.85 bits per heavy atom. The van der Waals surface area contributed by atoms with Crippen molar-refractivity contribution in [1.29, 1.82) is 0 Å². The number of phenols is 1. The molecular weight excluding hydrogens is 528 g/mol. The van der Waals surface area contributed by atoms with Crippen LogP contribution in [0.3, 0.4) is 0 Å². The molecule has 8 nitrogen and oxygen atoms in total. The van der Waals surface area contributed by atoms with Gasteiger partial charge in [-0.05, 0) is 60.9 Å². The van der Waals surface area contributed by atoms with Crippen LogP contribution >= 0.6 is 11.3 Å². The van der Waals surface area contributed by atoms with Crippen molar-refractivity contribution in [3.05, 3.63) is 120 Å². The van der Waals surface area contributed by atoms with Crippen molar-refractivity contribution in [3.8, 4) is 17.2 Å². The van der Waals surface area contributed by atoms with Crippen molar-refractivity contribution in [1.82, 2.24) is 4.57 Å². The van der Waals surface area contributed by atoms with E-state index in [4.69, 9.17) is 14.2 Å². The van der Waals surface area contributed by atoms with Crippen molar-refractivity contribution in [2.75, 3.05) is 13.7 Å². The van der Waals surface area contributed by atoms with Gasteiger partial charge in [0.2, 0.25) is 0 Å². The van der Waals surface area contributed by atoms with Crippen molar-refractivity contribution in [3.63, 3.8) is 0 Å². The maximum atomic E-state index is 13.8. The zero-order valence-electron chi connectivity index (χ0n) is 22.3. The average Bonchev–Trinajstić information content (AvgIpc) is 3.27. The zero-order chi connectivity index (χ0) is 28.2. The van der Waals surface area contributed by atoms with Crippen LogP contribution in [-0.4, -0.2) is 29.4 Å². The second-order valence-corrected chi connectivity index (χ2v) is 10.1. The van der Waals surface area contributed by atoms with Gasteiger partial charge in [-0.25, -0.2) is 9.79 Å². The molecule has 1 aromatic heterocycles. The Morgan fingerprint density at radius 1 is 1.10 bits per heavy atom. The number of aromatic hydroxyl groups is 1. The van der Waals surface area contributed by atoms with E-state index in [2.05, 4.69) is 4.99 Å². The number of aromatic nitrogens is 1. The van der Waals surface area contributed by atoms with Gasteiger partial charge in [-0.3, -0.25) is 9.36 Å². The molecular formula is C31H28N2O6S. The maximum Gasteiger partial charge on any atom is 0.338 e. The van der Waals surface area contributed by atoms with Crippen LogP contribution in [0.25, 0.3) is 6.08 Å². The number of thiazole rings is 1. The van der Waals surface area contributed by atoms with Gasteiger partial charge in [0.25, 0.3) is 5.56 Å². The summed E-state index contributed by atoms with van der Waals surface area (Å²) in [6, 6.07) is 21.3. The van der Waals surface area contributed by atoms with E-state index in [1.165, 1.54) is 29.1 Å². The van der Waals surface area contributed by atoms with Gasteiger partial charge in [0.05, 0.1) is 35.6 Å². The van der Waals surface area contributed by atoms with Crippen LogP contribution in [0.4, 0.5) is 0 Å². The lowest BCUT2D eigenvalue weighted by atomic mass is 9.96. The topological polar surface area (TPSA) is 99.4 Å². The molecule has 0 saturated carbocycles. The van der Waals surface area contributed by atoms with Gasteiger partial charge >= 0.3 is 5.97 Å². The number of methoxy groups -OCH3 is 1. The number of esters is 1. The number of carbonyl (C=O) groups excluding carboxylic acids is 1. The Balaban J connectivity index is 1.57. The number of rotatable bonds is 8. The highest BCUT2D eigenvalue weighted by molar-refractivity contribution is 7.07. The molecule has 5 rings (SSSR count). The lowest BCUT2D eigenvalue weighted by molar-refractivity contribution is -0.139. The first-order chi connectivity index (χ1) is 19.4. The summed E-state index contributed by atoms with van der Waals surface area (Å²) >= 11 is 1.23. The maximum absolute atomic E-state index is 13.8. The monoisotopic (exact) mass is 556 g/mol. The van der Waals surface area contributed by atoms with Crippen LogP contribution in [0, 0.1) is 0 Å². The predicted octanol–water partition coefficient (Wildman–Crippen LogP) is 4.09. The first-order valence-corrected chi connectivity index (χ1v) is 13.5. The highest BCUT2D eigenvalue weighted by atomic mass is 32.1. The summed E-state index contributed by atoms with van der Waals surface area (Å²) < 4.78 is 18.5. The molecule has 204 valence electrons. The van der Waals surface area contributed by atoms with Crippen molar-refractivity contribution < 1.29 is 24.1 Å². The SMILES string of the molecule is CCOC(=O)C1=C(C)N=c2s/c(=C\c3ccc(O)c(OC)c3)c(=O)n2C1c1ccc(OCc2ccccc2)cc1. The van der Waals surface area contributed by atoms with Gasteiger partial charge in [-0.2, -0.15) is 0 Å². The van der Waals surface area contributed by atoms with Crippen LogP contribution in [-0.2, 0) is 16.1 Å². The highest BCUT2D eigenvalue weighted by Gasteiger charge is 2.33. The molecule has 0 radical (unpaired) electrons. The minimum atomic E-state index is -0.727. The van der Waals surface area contributed by atoms with Gasteiger partial charge in [0.15, 0.2) is 16.3 Å². The third kappa shape index (κ3) is 5.41. The highest BCUT2D eigenvalue weighted by Crippen LogP contribution is 2.32. The Labute approximate surface area is 234 Å². The molecule has 0 spiro atoms. The van der Waals surface area contributed by atoms with Crippen molar-refractivity contribution >= 4 is 23.4 Å². The number of ether oxygens (including phenoxy) is 3. The van der Waals surface area contributed by atoms with Gasteiger partial charge in [0.1, 0.15) is 12.4 Å². The fourth-order valence-electron chi connectivity index (χ4n) is 4.53. The Kier molecular flexibility index (Phi) is 7.84. The van der Waals surface area contributed by atoms with Crippen LogP contribution in [0.2, 0.25) is 0 Å². The summed E-state index contributed by atoms with van der Waals surface area (Å²) in [6.07, 6.45) is 1.72. The molecule has 1 aliphatic rings. The number of fused-ring (bicyclic) bond motifs is 1. The fourth-order valence-corrected chi connectivity index (χ4v) is 5.58. The molecule has 9 heteroatoms. The molecule has 0 amide bonds. The summed E-state index contributed by atoms with van der Waals surface area (Å²) in [4.78, 5) is 32.0. The molecule has 40 heavy (non-hydrogen) atoms. The zero-order valence-corrected chi connectivity index (χ0v) is 23.1. The molecule has 0 aliphatic carbocycles. The standard InChI is InChI=1S/C31H28N2O6S/c1-4-38-30(36)27-19(2)32-31-33(29(35)26(40-31)17-21-10-15-24(34)25(16-21)37-3)28(27)22-11-13-23(14-12-22)39-18-20-8-6-5-7-9-20/h5-17,28,34H,4,18H2,1-3H3/b26-17-. The molecule has 1 aliphatic heterocycles. The Morgan fingerprint density at radius 3 is 2.55 bits per heavy atom. The number of benzene rings is 3. The van der Waals surface area contributed by atoms with E-state index in [0.717, 1.165) is 11.1 Å². The minimum Gasteiger partial charge on any atom is -0.504 e. The molecule has 2 heterocycles. The normalized spacial score (nSPS) is 14.9. The van der Waals surface area contributed by atoms with Crippen LogP contribution in [0.5, 0.6) is 17.2 Å². The number of allylic oxidation sites excluding steroid dienone is 1. The van der Waals surface area contributed by atoms with Gasteiger partial charge in [0, 0.05) is 0 Å². The molecule has 0 fully saturated rings. The van der Waals surface area contributed by atoms with Gasteiger partial charge in [-0.15, -0.1) is 0 Å². The van der Waals surface area contributed by atoms with Crippen molar-refractivity contribution in [2.45, 2.75) is 26.5 Å². The van der Waals surface area contributed by atoms with E-state index in [1.807, 2.05) is 54.6 Å². The summed E-state index contributed by atoms with van der Waals surface area (Å²) in [5.41, 5.74) is 2.96. The first kappa shape index (κ1) is 27.0. The van der Waals surface area contributed by atoms with E-state index in [1.54, 1.807) is 32.1 Å². The predicted molar refractivity (Wildman–Crippen MR) is 152 cm³/mol. The Hall–Kier alpha value is -4.63.